The van der Waals surface area contributed by atoms with Gasteiger partial charge in [0.15, 0.2) is 0 Å². The number of nitrogens with zero attached hydrogens (tertiary/aromatic N) is 2. The number of amides is 4. The summed E-state index contributed by atoms with van der Waals surface area (Å²) in [7, 11) is 0. The molecule has 0 aliphatic carbocycles. The van der Waals surface area contributed by atoms with Crippen LogP contribution in [0.15, 0.2) is 12.2 Å². The van der Waals surface area contributed by atoms with Crippen LogP contribution in [0.3, 0.4) is 0 Å². The van der Waals surface area contributed by atoms with Gasteiger partial charge in [0.1, 0.15) is 0 Å². The molecule has 2 aliphatic rings. The van der Waals surface area contributed by atoms with Crippen molar-refractivity contribution in [3.05, 3.63) is 12.2 Å². The first kappa shape index (κ1) is 16.2. The first-order chi connectivity index (χ1) is 10.5. The van der Waals surface area contributed by atoms with Crippen LogP contribution in [0.5, 0.6) is 0 Å². The summed E-state index contributed by atoms with van der Waals surface area (Å²) in [6, 6.07) is 0. The van der Waals surface area contributed by atoms with E-state index in [4.69, 9.17) is 4.84 Å². The topological polar surface area (TPSA) is 101 Å². The van der Waals surface area contributed by atoms with Crippen LogP contribution in [0.1, 0.15) is 19.3 Å². The van der Waals surface area contributed by atoms with Crippen molar-refractivity contribution in [3.63, 3.8) is 0 Å². The minimum absolute atomic E-state index is 0.0296. The molecule has 0 aromatic rings. The Morgan fingerprint density at radius 2 is 1.64 bits per heavy atom. The summed E-state index contributed by atoms with van der Waals surface area (Å²) in [6.07, 6.45) is 2.59. The van der Waals surface area contributed by atoms with Gasteiger partial charge in [0.05, 0.1) is 6.42 Å². The minimum Gasteiger partial charge on any atom is -0.330 e. The smallest absolute Gasteiger partial charge is 0.330 e. The van der Waals surface area contributed by atoms with Crippen molar-refractivity contribution >= 4 is 41.4 Å². The molecule has 0 radical (unpaired) electrons. The maximum absolute atomic E-state index is 11.5. The maximum atomic E-state index is 11.5. The van der Waals surface area contributed by atoms with E-state index >= 15 is 0 Å². The molecule has 0 aromatic carbocycles. The van der Waals surface area contributed by atoms with Gasteiger partial charge in [-0.3, -0.25) is 24.1 Å². The molecule has 9 heteroatoms. The number of rotatable bonds is 7. The fourth-order valence-electron chi connectivity index (χ4n) is 1.87. The van der Waals surface area contributed by atoms with Gasteiger partial charge in [-0.2, -0.15) is 11.8 Å². The Balaban J connectivity index is 1.60. The lowest BCUT2D eigenvalue weighted by molar-refractivity contribution is -0.197. The normalized spacial score (nSPS) is 17.8. The molecule has 2 aliphatic heterocycles. The molecule has 2 heterocycles. The zero-order valence-corrected chi connectivity index (χ0v) is 12.5. The highest BCUT2D eigenvalue weighted by Crippen LogP contribution is 2.13. The average Bonchev–Trinajstić information content (AvgIpc) is 2.96. The number of hydrogen-bond donors (Lipinski definition) is 0. The van der Waals surface area contributed by atoms with Gasteiger partial charge in [-0.25, -0.2) is 4.79 Å². The number of imide groups is 2. The summed E-state index contributed by atoms with van der Waals surface area (Å²) in [5, 5.41) is 0.514. The number of carbonyl (C=O) groups excluding carboxylic acids is 5. The molecular formula is C13H14N2O6S. The Labute approximate surface area is 130 Å². The SMILES string of the molecule is O=C(CCSCCN1C(=O)C=CC1=O)ON1C(=O)CCC1=O. The molecule has 0 atom stereocenters. The van der Waals surface area contributed by atoms with Crippen molar-refractivity contribution in [1.82, 2.24) is 9.96 Å². The third-order valence-corrected chi connectivity index (χ3v) is 3.97. The lowest BCUT2D eigenvalue weighted by Crippen LogP contribution is -2.32. The molecule has 4 amide bonds. The summed E-state index contributed by atoms with van der Waals surface area (Å²) >= 11 is 1.37. The zero-order chi connectivity index (χ0) is 16.1. The van der Waals surface area contributed by atoms with Crippen molar-refractivity contribution in [1.29, 1.82) is 0 Å². The first-order valence-corrected chi connectivity index (χ1v) is 7.82. The number of hydrogen-bond acceptors (Lipinski definition) is 7. The van der Waals surface area contributed by atoms with Crippen LogP contribution in [0, 0.1) is 0 Å². The van der Waals surface area contributed by atoms with E-state index in [0.29, 0.717) is 16.6 Å². The summed E-state index contributed by atoms with van der Waals surface area (Å²) < 4.78 is 0. The molecule has 0 bridgehead atoms. The van der Waals surface area contributed by atoms with Crippen LogP contribution in [-0.4, -0.2) is 57.6 Å². The Bertz CT molecular complexity index is 525. The Hall–Kier alpha value is -2.16. The van der Waals surface area contributed by atoms with E-state index in [1.54, 1.807) is 0 Å². The van der Waals surface area contributed by atoms with Crippen molar-refractivity contribution in [2.45, 2.75) is 19.3 Å². The van der Waals surface area contributed by atoms with E-state index in [1.165, 1.54) is 23.9 Å². The second-order valence-electron chi connectivity index (χ2n) is 4.57. The van der Waals surface area contributed by atoms with Gasteiger partial charge in [0, 0.05) is 43.0 Å². The van der Waals surface area contributed by atoms with Crippen molar-refractivity contribution < 1.29 is 28.8 Å². The van der Waals surface area contributed by atoms with Crippen LogP contribution < -0.4 is 0 Å². The average molecular weight is 326 g/mol. The molecule has 0 saturated carbocycles. The molecule has 22 heavy (non-hydrogen) atoms. The third kappa shape index (κ3) is 3.94. The molecular weight excluding hydrogens is 312 g/mol. The molecule has 0 spiro atoms. The summed E-state index contributed by atoms with van der Waals surface area (Å²) in [6.45, 7) is 0.271. The molecule has 1 saturated heterocycles. The first-order valence-electron chi connectivity index (χ1n) is 6.67. The lowest BCUT2D eigenvalue weighted by Gasteiger charge is -2.13. The molecule has 0 N–H and O–H groups in total. The fourth-order valence-corrected chi connectivity index (χ4v) is 2.70. The quantitative estimate of drug-likeness (QED) is 0.465. The van der Waals surface area contributed by atoms with E-state index in [0.717, 1.165) is 4.90 Å². The van der Waals surface area contributed by atoms with E-state index < -0.39 is 17.8 Å². The third-order valence-electron chi connectivity index (χ3n) is 3.01. The van der Waals surface area contributed by atoms with Crippen LogP contribution >= 0.6 is 11.8 Å². The van der Waals surface area contributed by atoms with E-state index in [2.05, 4.69) is 0 Å². The lowest BCUT2D eigenvalue weighted by atomic mass is 10.4. The predicted octanol–water partition coefficient (Wildman–Crippen LogP) is -0.358. The largest absolute Gasteiger partial charge is 0.334 e. The zero-order valence-electron chi connectivity index (χ0n) is 11.6. The van der Waals surface area contributed by atoms with Crippen LogP contribution in [-0.2, 0) is 28.8 Å². The van der Waals surface area contributed by atoms with Crippen molar-refractivity contribution in [2.24, 2.45) is 0 Å². The molecule has 0 aromatic heterocycles. The maximum Gasteiger partial charge on any atom is 0.334 e. The van der Waals surface area contributed by atoms with Gasteiger partial charge >= 0.3 is 5.97 Å². The van der Waals surface area contributed by atoms with Crippen LogP contribution in [0.25, 0.3) is 0 Å². The van der Waals surface area contributed by atoms with Gasteiger partial charge in [0.25, 0.3) is 23.6 Å². The molecule has 118 valence electrons. The summed E-state index contributed by atoms with van der Waals surface area (Å²) in [5.74, 6) is -1.46. The summed E-state index contributed by atoms with van der Waals surface area (Å²) in [5.41, 5.74) is 0. The monoisotopic (exact) mass is 326 g/mol. The van der Waals surface area contributed by atoms with Crippen LogP contribution in [0.4, 0.5) is 0 Å². The fraction of sp³-hybridized carbons (Fsp3) is 0.462. The second-order valence-corrected chi connectivity index (χ2v) is 5.79. The Morgan fingerprint density at radius 1 is 1.05 bits per heavy atom. The number of hydroxylamine groups is 2. The number of carbonyl (C=O) groups is 5. The molecule has 8 nitrogen and oxygen atoms in total. The van der Waals surface area contributed by atoms with Gasteiger partial charge in [-0.15, -0.1) is 5.06 Å². The number of thioether (sulfide) groups is 1. The van der Waals surface area contributed by atoms with Gasteiger partial charge < -0.3 is 4.84 Å². The second kappa shape index (κ2) is 7.21. The van der Waals surface area contributed by atoms with Gasteiger partial charge in [-0.1, -0.05) is 0 Å². The van der Waals surface area contributed by atoms with Crippen molar-refractivity contribution in [2.75, 3.05) is 18.1 Å². The molecule has 2 rings (SSSR count). The highest BCUT2D eigenvalue weighted by molar-refractivity contribution is 7.99. The molecule has 0 unspecified atom stereocenters. The van der Waals surface area contributed by atoms with Crippen molar-refractivity contribution in [3.8, 4) is 0 Å². The standard InChI is InChI=1S/C13H14N2O6S/c16-9-1-2-10(17)14(9)6-8-22-7-5-13(20)21-15-11(18)3-4-12(15)19/h1-2H,3-8H2. The van der Waals surface area contributed by atoms with Gasteiger partial charge in [0.2, 0.25) is 0 Å². The van der Waals surface area contributed by atoms with E-state index in [1.807, 2.05) is 0 Å². The van der Waals surface area contributed by atoms with Crippen LogP contribution in [0.2, 0.25) is 0 Å². The van der Waals surface area contributed by atoms with E-state index in [-0.39, 0.29) is 37.6 Å². The predicted molar refractivity (Wildman–Crippen MR) is 75.0 cm³/mol. The highest BCUT2D eigenvalue weighted by Gasteiger charge is 2.32. The Morgan fingerprint density at radius 3 is 2.23 bits per heavy atom. The van der Waals surface area contributed by atoms with E-state index in [9.17, 15) is 24.0 Å². The van der Waals surface area contributed by atoms with Gasteiger partial charge in [-0.05, 0) is 0 Å². The Kier molecular flexibility index (Phi) is 5.31. The highest BCUT2D eigenvalue weighted by atomic mass is 32.2. The minimum atomic E-state index is -0.661. The summed E-state index contributed by atoms with van der Waals surface area (Å²) in [4.78, 5) is 62.4. The molecule has 1 fully saturated rings.